The summed E-state index contributed by atoms with van der Waals surface area (Å²) < 4.78 is 7.29. The number of nitrogens with zero attached hydrogens (tertiary/aromatic N) is 14. The molecule has 250 valence electrons. The fraction of sp³-hybridized carbons (Fsp3) is 0.250. The van der Waals surface area contributed by atoms with E-state index in [1.165, 1.54) is 20.6 Å². The molecule has 2 aromatic heterocycles. The van der Waals surface area contributed by atoms with Gasteiger partial charge in [-0.3, -0.25) is 0 Å². The van der Waals surface area contributed by atoms with Gasteiger partial charge in [0, 0.05) is 36.1 Å². The molecule has 21 heteroatoms. The molecule has 0 aliphatic heterocycles. The topological polar surface area (TPSA) is 184 Å². The first-order chi connectivity index (χ1) is 23.0. The second-order valence-electron chi connectivity index (χ2n) is 8.78. The van der Waals surface area contributed by atoms with Gasteiger partial charge in [-0.2, -0.15) is 20.6 Å². The van der Waals surface area contributed by atoms with Gasteiger partial charge in [0.15, 0.2) is 0 Å². The van der Waals surface area contributed by atoms with Crippen LogP contribution in [0.3, 0.4) is 0 Å². The number of hydrogen-bond donors (Lipinski definition) is 1. The molecule has 0 fully saturated rings. The third-order valence-corrected chi connectivity index (χ3v) is 5.98. The van der Waals surface area contributed by atoms with Gasteiger partial charge in [0.05, 0.1) is 57.0 Å². The van der Waals surface area contributed by atoms with Crippen molar-refractivity contribution in [3.63, 3.8) is 0 Å². The average molecular weight is 806 g/mol. The zero-order chi connectivity index (χ0) is 36.5. The van der Waals surface area contributed by atoms with Crippen LogP contribution in [0, 0.1) is 0 Å². The maximum Gasteiger partial charge on any atom is 2.00 e. The van der Waals surface area contributed by atoms with Crippen LogP contribution >= 0.6 is 60.5 Å². The maximum absolute atomic E-state index is 7.13. The van der Waals surface area contributed by atoms with Gasteiger partial charge >= 0.3 is 31.4 Å². The number of aromatic nitrogens is 5. The first-order valence-corrected chi connectivity index (χ1v) is 15.1. The number of thiocarbonyl (C=S) groups is 4. The van der Waals surface area contributed by atoms with Gasteiger partial charge in [0.1, 0.15) is 5.69 Å². The van der Waals surface area contributed by atoms with E-state index < -0.39 is 0 Å². The first kappa shape index (κ1) is 46.8. The fourth-order valence-corrected chi connectivity index (χ4v) is 3.76. The van der Waals surface area contributed by atoms with Crippen LogP contribution in [-0.4, -0.2) is 55.1 Å². The van der Waals surface area contributed by atoms with E-state index in [4.69, 9.17) is 33.2 Å². The summed E-state index contributed by atoms with van der Waals surface area (Å²) in [5, 5.41) is 59.2. The van der Waals surface area contributed by atoms with Crippen molar-refractivity contribution in [3.05, 3.63) is 87.8 Å². The van der Waals surface area contributed by atoms with Crippen molar-refractivity contribution in [2.24, 2.45) is 48.6 Å². The zero-order valence-electron chi connectivity index (χ0n) is 27.2. The Hall–Kier alpha value is -4.30. The van der Waals surface area contributed by atoms with Crippen molar-refractivity contribution in [1.29, 1.82) is 0 Å². The summed E-state index contributed by atoms with van der Waals surface area (Å²) in [4.78, 5) is 2.16. The second kappa shape index (κ2) is 27.6. The average Bonchev–Trinajstić information content (AvgIpc) is 3.55. The first-order valence-electron chi connectivity index (χ1n) is 13.1. The molecule has 0 saturated heterocycles. The molecule has 0 saturated carbocycles. The van der Waals surface area contributed by atoms with Crippen LogP contribution in [0.2, 0.25) is 5.02 Å². The Morgan fingerprint density at radius 1 is 0.837 bits per heavy atom. The van der Waals surface area contributed by atoms with E-state index in [2.05, 4.69) is 84.6 Å². The van der Waals surface area contributed by atoms with E-state index >= 15 is 0 Å². The van der Waals surface area contributed by atoms with Crippen molar-refractivity contribution in [3.8, 4) is 0 Å². The van der Waals surface area contributed by atoms with Crippen molar-refractivity contribution < 1.29 is 28.6 Å². The molecule has 4 aromatic rings. The smallest absolute Gasteiger partial charge is 0.753 e. The van der Waals surface area contributed by atoms with Gasteiger partial charge < -0.3 is 31.9 Å². The van der Waals surface area contributed by atoms with Gasteiger partial charge in [0.2, 0.25) is 6.33 Å². The molecular weight excluding hydrogens is 776 g/mol. The van der Waals surface area contributed by atoms with E-state index in [-0.39, 0.29) is 19.5 Å². The molecular formula is C28H30ClN15S4Zn. The Kier molecular flexibility index (Phi) is 26.4. The van der Waals surface area contributed by atoms with Crippen LogP contribution in [0.25, 0.3) is 21.6 Å². The molecule has 0 bridgehead atoms. The van der Waals surface area contributed by atoms with Crippen LogP contribution < -0.4 is 19.4 Å². The van der Waals surface area contributed by atoms with Crippen molar-refractivity contribution in [1.82, 2.24) is 14.3 Å². The quantitative estimate of drug-likeness (QED) is 0.0616. The number of benzene rings is 2. The minimum atomic E-state index is 0. The number of hydrogen-bond acceptors (Lipinski definition) is 11. The number of rotatable bonds is 9. The van der Waals surface area contributed by atoms with Crippen molar-refractivity contribution >= 4 is 116 Å². The van der Waals surface area contributed by atoms with Crippen molar-refractivity contribution in [2.45, 2.75) is 0 Å². The van der Waals surface area contributed by atoms with E-state index in [1.54, 1.807) is 17.1 Å². The molecule has 4 rings (SSSR count). The molecule has 0 aliphatic carbocycles. The number of isothiocyanates is 4. The number of imidazole rings is 1. The third-order valence-electron chi connectivity index (χ3n) is 5.66. The summed E-state index contributed by atoms with van der Waals surface area (Å²) in [5.41, 5.74) is 3.40. The molecule has 0 unspecified atom stereocenters. The molecule has 0 aliphatic rings. The summed E-state index contributed by atoms with van der Waals surface area (Å²) in [7, 11) is 9.61. The standard InChI is InChI=1S/C24H29ClN11.4CNS.Zn/c1-32(20-9-6-18(7-10-20)28-31-24-35(4)17-27-36(24)5)13-12-26-22-11-8-19(16-21(22)25)29-30-23-33(2)14-15-34(23)3;4*2-1-3;/h6-11,14-17H,12-13H2,1-5H3;;;;;/q+1;4*-1;+2/p+1. The monoisotopic (exact) mass is 803 g/mol. The summed E-state index contributed by atoms with van der Waals surface area (Å²) in [6.45, 7) is 1.50. The molecule has 0 radical (unpaired) electrons. The predicted octanol–water partition coefficient (Wildman–Crippen LogP) is 7.07. The number of nitrogens with one attached hydrogen (secondary N) is 1. The zero-order valence-corrected chi connectivity index (χ0v) is 34.2. The Morgan fingerprint density at radius 3 is 1.82 bits per heavy atom. The Balaban J connectivity index is 0. The maximum atomic E-state index is 7.13. The summed E-state index contributed by atoms with van der Waals surface area (Å²) in [5.74, 6) is 1.41. The fourth-order valence-electron chi connectivity index (χ4n) is 3.52. The largest absolute Gasteiger partial charge is 2.00 e. The minimum Gasteiger partial charge on any atom is -0.753 e. The van der Waals surface area contributed by atoms with Crippen LogP contribution in [0.15, 0.2) is 81.6 Å². The van der Waals surface area contributed by atoms with Gasteiger partial charge in [-0.15, -0.1) is 4.68 Å². The number of likely N-dealkylation sites (N-methyl/N-ethyl adjacent to an activating group) is 1. The molecule has 0 atom stereocenters. The SMILES string of the molecule is CN(CCNc1ccc(N=Nc2n(C)cc[n+]2C)cc1Cl)c1ccc(N=Nc2n(C)nc[n+]2C)cc1.[N-]=C=S.[N-]=C=S.[N-]=C=S.[N-]=C=S.[Zn+2]. The van der Waals surface area contributed by atoms with Crippen LogP contribution in [0.1, 0.15) is 0 Å². The van der Waals surface area contributed by atoms with Crippen molar-refractivity contribution in [2.75, 3.05) is 30.4 Å². The van der Waals surface area contributed by atoms with E-state index in [0.29, 0.717) is 23.2 Å². The minimum absolute atomic E-state index is 0. The molecule has 0 amide bonds. The van der Waals surface area contributed by atoms with Crippen LogP contribution in [0.4, 0.5) is 34.6 Å². The van der Waals surface area contributed by atoms with Gasteiger partial charge in [-0.25, -0.2) is 13.7 Å². The number of anilines is 2. The van der Waals surface area contributed by atoms with E-state index in [0.717, 1.165) is 29.6 Å². The second-order valence-corrected chi connectivity index (χ2v) is 9.92. The molecule has 15 nitrogen and oxygen atoms in total. The summed E-state index contributed by atoms with van der Waals surface area (Å²) >= 11 is 21.3. The Labute approximate surface area is 323 Å². The van der Waals surface area contributed by atoms with E-state index in [1.807, 2.05) is 97.7 Å². The van der Waals surface area contributed by atoms with Gasteiger partial charge in [0.25, 0.3) is 0 Å². The third kappa shape index (κ3) is 18.2. The molecule has 2 aromatic carbocycles. The normalized spacial score (nSPS) is 9.18. The van der Waals surface area contributed by atoms with Crippen LogP contribution in [0.5, 0.6) is 0 Å². The molecule has 1 N–H and O–H groups in total. The van der Waals surface area contributed by atoms with Crippen LogP contribution in [-0.2, 0) is 47.7 Å². The Bertz CT molecular complexity index is 1690. The summed E-state index contributed by atoms with van der Waals surface area (Å²) in [6, 6.07) is 13.6. The van der Waals surface area contributed by atoms with Gasteiger partial charge in [-0.1, -0.05) is 70.7 Å². The number of aryl methyl sites for hydroxylation is 4. The predicted molar refractivity (Wildman–Crippen MR) is 203 cm³/mol. The van der Waals surface area contributed by atoms with E-state index in [9.17, 15) is 0 Å². The summed E-state index contributed by atoms with van der Waals surface area (Å²) in [6.07, 6.45) is 5.54. The molecule has 2 heterocycles. The number of halogens is 1. The molecule has 0 spiro atoms. The molecule has 49 heavy (non-hydrogen) atoms. The van der Waals surface area contributed by atoms with Gasteiger partial charge in [-0.05, 0) is 47.6 Å². The number of azo groups is 2. The Morgan fingerprint density at radius 2 is 1.35 bits per heavy atom.